The molecule has 0 aliphatic rings. The van der Waals surface area contributed by atoms with Crippen LogP contribution in [-0.2, 0) is 10.1 Å². The molecule has 0 atom stereocenters. The molecule has 84 valence electrons. The molecule has 15 heavy (non-hydrogen) atoms. The maximum atomic E-state index is 11.1. The van der Waals surface area contributed by atoms with Crippen molar-refractivity contribution in [3.8, 4) is 0 Å². The van der Waals surface area contributed by atoms with E-state index < -0.39 is 10.1 Å². The number of anilines is 1. The van der Waals surface area contributed by atoms with Crippen molar-refractivity contribution in [2.45, 2.75) is 31.6 Å². The third-order valence-corrected chi connectivity index (χ3v) is 3.35. The highest BCUT2D eigenvalue weighted by molar-refractivity contribution is 7.85. The first-order chi connectivity index (χ1) is 6.73. The summed E-state index contributed by atoms with van der Waals surface area (Å²) >= 11 is 0. The van der Waals surface area contributed by atoms with Crippen LogP contribution in [-0.4, -0.2) is 13.0 Å². The maximum absolute atomic E-state index is 11.1. The van der Waals surface area contributed by atoms with E-state index in [2.05, 4.69) is 0 Å². The second-order valence-electron chi connectivity index (χ2n) is 3.86. The molecule has 0 aliphatic heterocycles. The maximum Gasteiger partial charge on any atom is 0.294 e. The van der Waals surface area contributed by atoms with Crippen LogP contribution in [0.3, 0.4) is 0 Å². The Morgan fingerprint density at radius 3 is 2.27 bits per heavy atom. The summed E-state index contributed by atoms with van der Waals surface area (Å²) < 4.78 is 31.2. The lowest BCUT2D eigenvalue weighted by Gasteiger charge is -2.11. The molecule has 0 bridgehead atoms. The standard InChI is InChI=1S/C10H15NO3S/c1-6(2)8-4-9(11)7(3)10(5-8)15(12,13)14/h4-6H,11H2,1-3H3,(H,12,13,14). The lowest BCUT2D eigenvalue weighted by atomic mass is 10.0. The third-order valence-electron chi connectivity index (χ3n) is 2.37. The number of nitrogens with two attached hydrogens (primary N) is 1. The molecule has 0 saturated heterocycles. The molecule has 0 aromatic heterocycles. The van der Waals surface area contributed by atoms with E-state index in [9.17, 15) is 8.42 Å². The molecule has 1 aromatic rings. The second kappa shape index (κ2) is 3.83. The molecule has 1 aromatic carbocycles. The first-order valence-electron chi connectivity index (χ1n) is 4.61. The fourth-order valence-corrected chi connectivity index (χ4v) is 2.12. The van der Waals surface area contributed by atoms with Crippen LogP contribution in [0.1, 0.15) is 30.9 Å². The first-order valence-corrected chi connectivity index (χ1v) is 6.05. The number of nitrogen functional groups attached to an aromatic ring is 1. The van der Waals surface area contributed by atoms with Gasteiger partial charge in [0, 0.05) is 5.69 Å². The van der Waals surface area contributed by atoms with Gasteiger partial charge < -0.3 is 5.73 Å². The highest BCUT2D eigenvalue weighted by atomic mass is 32.2. The van der Waals surface area contributed by atoms with Gasteiger partial charge >= 0.3 is 0 Å². The lowest BCUT2D eigenvalue weighted by Crippen LogP contribution is -2.05. The van der Waals surface area contributed by atoms with Crippen LogP contribution >= 0.6 is 0 Å². The highest BCUT2D eigenvalue weighted by Gasteiger charge is 2.17. The minimum Gasteiger partial charge on any atom is -0.398 e. The predicted octanol–water partition coefficient (Wildman–Crippen LogP) is 1.95. The van der Waals surface area contributed by atoms with Crippen molar-refractivity contribution in [1.82, 2.24) is 0 Å². The van der Waals surface area contributed by atoms with Gasteiger partial charge in [-0.3, -0.25) is 4.55 Å². The molecule has 0 unspecified atom stereocenters. The van der Waals surface area contributed by atoms with E-state index >= 15 is 0 Å². The Bertz CT molecular complexity index is 478. The van der Waals surface area contributed by atoms with Gasteiger partial charge in [-0.1, -0.05) is 13.8 Å². The van der Waals surface area contributed by atoms with Gasteiger partial charge in [0.15, 0.2) is 0 Å². The quantitative estimate of drug-likeness (QED) is 0.600. The minimum atomic E-state index is -4.19. The van der Waals surface area contributed by atoms with Crippen LogP contribution in [0.15, 0.2) is 17.0 Å². The third kappa shape index (κ3) is 2.49. The summed E-state index contributed by atoms with van der Waals surface area (Å²) in [5.41, 5.74) is 7.25. The molecule has 0 fully saturated rings. The number of benzene rings is 1. The molecule has 0 spiro atoms. The van der Waals surface area contributed by atoms with E-state index in [0.717, 1.165) is 5.56 Å². The second-order valence-corrected chi connectivity index (χ2v) is 5.25. The SMILES string of the molecule is Cc1c(N)cc(C(C)C)cc1S(=O)(=O)O. The Hall–Kier alpha value is -1.07. The van der Waals surface area contributed by atoms with E-state index in [1.807, 2.05) is 13.8 Å². The van der Waals surface area contributed by atoms with Crippen molar-refractivity contribution in [2.75, 3.05) is 5.73 Å². The van der Waals surface area contributed by atoms with Gasteiger partial charge in [0.2, 0.25) is 0 Å². The monoisotopic (exact) mass is 229 g/mol. The van der Waals surface area contributed by atoms with Crippen LogP contribution < -0.4 is 5.73 Å². The van der Waals surface area contributed by atoms with E-state index in [-0.39, 0.29) is 10.8 Å². The molecular formula is C10H15NO3S. The van der Waals surface area contributed by atoms with Crippen molar-refractivity contribution in [1.29, 1.82) is 0 Å². The molecule has 0 saturated carbocycles. The molecule has 1 rings (SSSR count). The largest absolute Gasteiger partial charge is 0.398 e. The van der Waals surface area contributed by atoms with E-state index in [4.69, 9.17) is 10.3 Å². The van der Waals surface area contributed by atoms with E-state index in [1.165, 1.54) is 6.07 Å². The summed E-state index contributed by atoms with van der Waals surface area (Å²) in [6.45, 7) is 5.43. The normalized spacial score (nSPS) is 12.1. The van der Waals surface area contributed by atoms with Crippen molar-refractivity contribution >= 4 is 15.8 Å². The van der Waals surface area contributed by atoms with Crippen LogP contribution in [0, 0.1) is 6.92 Å². The van der Waals surface area contributed by atoms with Crippen LogP contribution in [0.25, 0.3) is 0 Å². The molecular weight excluding hydrogens is 214 g/mol. The number of hydrogen-bond donors (Lipinski definition) is 2. The average molecular weight is 229 g/mol. The molecule has 0 aliphatic carbocycles. The average Bonchev–Trinajstić information content (AvgIpc) is 2.06. The van der Waals surface area contributed by atoms with Gasteiger partial charge in [-0.25, -0.2) is 0 Å². The minimum absolute atomic E-state index is 0.105. The first kappa shape index (κ1) is 12.0. The predicted molar refractivity (Wildman–Crippen MR) is 59.5 cm³/mol. The topological polar surface area (TPSA) is 80.4 Å². The van der Waals surface area contributed by atoms with Crippen molar-refractivity contribution in [3.05, 3.63) is 23.3 Å². The Morgan fingerprint density at radius 2 is 1.87 bits per heavy atom. The van der Waals surface area contributed by atoms with Crippen molar-refractivity contribution in [3.63, 3.8) is 0 Å². The summed E-state index contributed by atoms with van der Waals surface area (Å²) in [6, 6.07) is 3.19. The Morgan fingerprint density at radius 1 is 1.33 bits per heavy atom. The van der Waals surface area contributed by atoms with Gasteiger partial charge in [0.05, 0.1) is 4.90 Å². The summed E-state index contributed by atoms with van der Waals surface area (Å²) in [6.07, 6.45) is 0. The van der Waals surface area contributed by atoms with Gasteiger partial charge in [-0.15, -0.1) is 0 Å². The zero-order valence-corrected chi connectivity index (χ0v) is 9.80. The molecule has 3 N–H and O–H groups in total. The molecule has 0 radical (unpaired) electrons. The van der Waals surface area contributed by atoms with E-state index in [1.54, 1.807) is 13.0 Å². The van der Waals surface area contributed by atoms with Crippen LogP contribution in [0.2, 0.25) is 0 Å². The Balaban J connectivity index is 3.52. The van der Waals surface area contributed by atoms with Gasteiger partial charge in [0.1, 0.15) is 0 Å². The smallest absolute Gasteiger partial charge is 0.294 e. The number of rotatable bonds is 2. The van der Waals surface area contributed by atoms with Crippen LogP contribution in [0.4, 0.5) is 5.69 Å². The molecule has 5 heteroatoms. The Labute approximate surface area is 89.9 Å². The summed E-state index contributed by atoms with van der Waals surface area (Å²) in [7, 11) is -4.19. The number of hydrogen-bond acceptors (Lipinski definition) is 3. The summed E-state index contributed by atoms with van der Waals surface area (Å²) in [5, 5.41) is 0. The van der Waals surface area contributed by atoms with Crippen molar-refractivity contribution in [2.24, 2.45) is 0 Å². The van der Waals surface area contributed by atoms with Crippen molar-refractivity contribution < 1.29 is 13.0 Å². The summed E-state index contributed by atoms with van der Waals surface area (Å²) in [5.74, 6) is 0.161. The zero-order valence-electron chi connectivity index (χ0n) is 8.98. The van der Waals surface area contributed by atoms with Crippen LogP contribution in [0.5, 0.6) is 0 Å². The lowest BCUT2D eigenvalue weighted by molar-refractivity contribution is 0.482. The van der Waals surface area contributed by atoms with E-state index in [0.29, 0.717) is 11.3 Å². The molecule has 0 heterocycles. The fourth-order valence-electron chi connectivity index (χ4n) is 1.33. The summed E-state index contributed by atoms with van der Waals surface area (Å²) in [4.78, 5) is -0.105. The molecule has 0 amide bonds. The Kier molecular flexibility index (Phi) is 3.06. The zero-order chi connectivity index (χ0) is 11.8. The highest BCUT2D eigenvalue weighted by Crippen LogP contribution is 2.26. The molecule has 4 nitrogen and oxygen atoms in total. The fraction of sp³-hybridized carbons (Fsp3) is 0.400. The van der Waals surface area contributed by atoms with Gasteiger partial charge in [0.25, 0.3) is 10.1 Å². The van der Waals surface area contributed by atoms with Gasteiger partial charge in [-0.2, -0.15) is 8.42 Å². The van der Waals surface area contributed by atoms with Gasteiger partial charge in [-0.05, 0) is 36.1 Å².